The largest absolute Gasteiger partial charge is 0.369 e. The van der Waals surface area contributed by atoms with Crippen molar-refractivity contribution in [1.82, 2.24) is 10.2 Å². The van der Waals surface area contributed by atoms with Crippen molar-refractivity contribution < 1.29 is 4.79 Å². The lowest BCUT2D eigenvalue weighted by Crippen LogP contribution is -2.53. The van der Waals surface area contributed by atoms with Crippen LogP contribution in [0.3, 0.4) is 0 Å². The molecular formula is C23H32ClN3O. The summed E-state index contributed by atoms with van der Waals surface area (Å²) in [6.45, 7) is 5.20. The Morgan fingerprint density at radius 3 is 2.29 bits per heavy atom. The highest BCUT2D eigenvalue weighted by Crippen LogP contribution is 2.59. The Bertz CT molecular complexity index is 693. The summed E-state index contributed by atoms with van der Waals surface area (Å²) in [6.07, 6.45) is 8.46. The molecule has 4 nitrogen and oxygen atoms in total. The second kappa shape index (κ2) is 7.53. The minimum Gasteiger partial charge on any atom is -0.369 e. The Labute approximate surface area is 173 Å². The molecule has 4 saturated carbocycles. The van der Waals surface area contributed by atoms with Crippen LogP contribution in [0, 0.1) is 23.2 Å². The molecule has 0 unspecified atom stereocenters. The molecule has 1 aromatic rings. The van der Waals surface area contributed by atoms with Crippen molar-refractivity contribution in [1.29, 1.82) is 0 Å². The lowest BCUT2D eigenvalue weighted by molar-refractivity contribution is -0.124. The highest BCUT2D eigenvalue weighted by Gasteiger charge is 2.50. The summed E-state index contributed by atoms with van der Waals surface area (Å²) >= 11 is 6.12. The van der Waals surface area contributed by atoms with Crippen molar-refractivity contribution in [2.24, 2.45) is 23.2 Å². The van der Waals surface area contributed by atoms with Crippen LogP contribution in [0.15, 0.2) is 24.3 Å². The standard InChI is InChI=1S/C23H32ClN3O/c24-20-2-1-3-21(11-20)27-6-4-26(5-7-27)15-22(28)25-16-23-12-17-8-18(13-23)10-19(9-17)14-23/h1-3,11,17-19H,4-10,12-16H2,(H,25,28). The van der Waals surface area contributed by atoms with Crippen LogP contribution < -0.4 is 10.2 Å². The number of piperazine rings is 1. The van der Waals surface area contributed by atoms with Crippen molar-refractivity contribution in [3.63, 3.8) is 0 Å². The predicted octanol–water partition coefficient (Wildman–Crippen LogP) is 3.79. The SMILES string of the molecule is O=C(CN1CCN(c2cccc(Cl)c2)CC1)NCC12CC3CC(CC(C3)C1)C2. The monoisotopic (exact) mass is 401 g/mol. The third-order valence-corrected chi connectivity index (χ3v) is 7.97. The third-order valence-electron chi connectivity index (χ3n) is 7.74. The molecule has 5 heteroatoms. The number of carbonyl (C=O) groups excluding carboxylic acids is 1. The summed E-state index contributed by atoms with van der Waals surface area (Å²) in [5, 5.41) is 4.11. The number of nitrogens with zero attached hydrogens (tertiary/aromatic N) is 2. The molecule has 0 radical (unpaired) electrons. The number of hydrogen-bond acceptors (Lipinski definition) is 3. The average Bonchev–Trinajstić information content (AvgIpc) is 2.66. The average molecular weight is 402 g/mol. The lowest BCUT2D eigenvalue weighted by Gasteiger charge is -2.57. The van der Waals surface area contributed by atoms with Gasteiger partial charge >= 0.3 is 0 Å². The van der Waals surface area contributed by atoms with E-state index in [1.54, 1.807) is 0 Å². The van der Waals surface area contributed by atoms with E-state index in [4.69, 9.17) is 11.6 Å². The molecule has 5 fully saturated rings. The molecule has 1 aromatic carbocycles. The zero-order valence-electron chi connectivity index (χ0n) is 16.7. The molecule has 0 spiro atoms. The maximum atomic E-state index is 12.6. The van der Waals surface area contributed by atoms with Gasteiger partial charge < -0.3 is 10.2 Å². The molecule has 1 heterocycles. The first-order chi connectivity index (χ1) is 13.6. The van der Waals surface area contributed by atoms with E-state index in [2.05, 4.69) is 21.2 Å². The molecule has 1 aliphatic heterocycles. The number of anilines is 1. The Balaban J connectivity index is 1.09. The zero-order chi connectivity index (χ0) is 19.1. The number of amides is 1. The number of hydrogen-bond donors (Lipinski definition) is 1. The van der Waals surface area contributed by atoms with Gasteiger partial charge in [-0.05, 0) is 79.9 Å². The smallest absolute Gasteiger partial charge is 0.234 e. The van der Waals surface area contributed by atoms with Crippen LogP contribution >= 0.6 is 11.6 Å². The number of benzene rings is 1. The van der Waals surface area contributed by atoms with Gasteiger partial charge in [-0.3, -0.25) is 9.69 Å². The normalized spacial score (nSPS) is 34.6. The summed E-state index contributed by atoms with van der Waals surface area (Å²) < 4.78 is 0. The van der Waals surface area contributed by atoms with E-state index in [9.17, 15) is 4.79 Å². The minimum absolute atomic E-state index is 0.215. The van der Waals surface area contributed by atoms with Gasteiger partial charge in [0, 0.05) is 43.4 Å². The number of rotatable bonds is 5. The molecule has 4 bridgehead atoms. The molecule has 5 aliphatic rings. The van der Waals surface area contributed by atoms with Gasteiger partial charge in [-0.1, -0.05) is 17.7 Å². The zero-order valence-corrected chi connectivity index (χ0v) is 17.5. The maximum Gasteiger partial charge on any atom is 0.234 e. The molecular weight excluding hydrogens is 370 g/mol. The van der Waals surface area contributed by atoms with Crippen LogP contribution in [0.25, 0.3) is 0 Å². The van der Waals surface area contributed by atoms with Crippen LogP contribution in [-0.4, -0.2) is 50.1 Å². The lowest BCUT2D eigenvalue weighted by atomic mass is 9.49. The number of halogens is 1. The molecule has 1 N–H and O–H groups in total. The van der Waals surface area contributed by atoms with Gasteiger partial charge in [0.1, 0.15) is 0 Å². The molecule has 1 saturated heterocycles. The highest BCUT2D eigenvalue weighted by atomic mass is 35.5. The Hall–Kier alpha value is -1.26. The van der Waals surface area contributed by atoms with Crippen molar-refractivity contribution in [3.05, 3.63) is 29.3 Å². The van der Waals surface area contributed by atoms with Crippen molar-refractivity contribution in [2.75, 3.05) is 44.2 Å². The fourth-order valence-corrected chi connectivity index (χ4v) is 7.07. The summed E-state index contributed by atoms with van der Waals surface area (Å²) in [5.41, 5.74) is 1.61. The molecule has 4 aliphatic carbocycles. The minimum atomic E-state index is 0.215. The van der Waals surface area contributed by atoms with Gasteiger partial charge in [0.15, 0.2) is 0 Å². The first-order valence-corrected chi connectivity index (χ1v) is 11.4. The topological polar surface area (TPSA) is 35.6 Å². The van der Waals surface area contributed by atoms with Crippen molar-refractivity contribution in [2.45, 2.75) is 38.5 Å². The van der Waals surface area contributed by atoms with E-state index in [0.717, 1.165) is 55.5 Å². The Kier molecular flexibility index (Phi) is 5.04. The van der Waals surface area contributed by atoms with E-state index in [-0.39, 0.29) is 5.91 Å². The van der Waals surface area contributed by atoms with Gasteiger partial charge in [-0.25, -0.2) is 0 Å². The Morgan fingerprint density at radius 2 is 1.68 bits per heavy atom. The molecule has 28 heavy (non-hydrogen) atoms. The second-order valence-corrected chi connectivity index (χ2v) is 10.4. The summed E-state index contributed by atoms with van der Waals surface area (Å²) in [4.78, 5) is 17.3. The quantitative estimate of drug-likeness (QED) is 0.815. The fraction of sp³-hybridized carbons (Fsp3) is 0.696. The van der Waals surface area contributed by atoms with Gasteiger partial charge in [0.05, 0.1) is 6.54 Å². The van der Waals surface area contributed by atoms with Crippen LogP contribution in [0.5, 0.6) is 0 Å². The molecule has 1 amide bonds. The van der Waals surface area contributed by atoms with Gasteiger partial charge in [-0.2, -0.15) is 0 Å². The highest BCUT2D eigenvalue weighted by molar-refractivity contribution is 6.30. The van der Waals surface area contributed by atoms with E-state index >= 15 is 0 Å². The van der Waals surface area contributed by atoms with Crippen LogP contribution in [-0.2, 0) is 4.79 Å². The predicted molar refractivity (Wildman–Crippen MR) is 114 cm³/mol. The maximum absolute atomic E-state index is 12.6. The Morgan fingerprint density at radius 1 is 1.04 bits per heavy atom. The van der Waals surface area contributed by atoms with Crippen LogP contribution in [0.4, 0.5) is 5.69 Å². The van der Waals surface area contributed by atoms with E-state index in [1.165, 1.54) is 44.2 Å². The van der Waals surface area contributed by atoms with Gasteiger partial charge in [0.2, 0.25) is 5.91 Å². The molecule has 0 atom stereocenters. The van der Waals surface area contributed by atoms with Crippen LogP contribution in [0.1, 0.15) is 38.5 Å². The first kappa shape index (κ1) is 18.7. The second-order valence-electron chi connectivity index (χ2n) is 9.94. The van der Waals surface area contributed by atoms with E-state index < -0.39 is 0 Å². The number of nitrogens with one attached hydrogen (secondary N) is 1. The molecule has 152 valence electrons. The van der Waals surface area contributed by atoms with Crippen molar-refractivity contribution >= 4 is 23.2 Å². The first-order valence-electron chi connectivity index (χ1n) is 11.1. The summed E-state index contributed by atoms with van der Waals surface area (Å²) in [6, 6.07) is 8.05. The van der Waals surface area contributed by atoms with Gasteiger partial charge in [-0.15, -0.1) is 0 Å². The summed E-state index contributed by atoms with van der Waals surface area (Å²) in [5.74, 6) is 3.06. The third kappa shape index (κ3) is 3.91. The molecule has 0 aromatic heterocycles. The molecule has 6 rings (SSSR count). The van der Waals surface area contributed by atoms with Gasteiger partial charge in [0.25, 0.3) is 0 Å². The van der Waals surface area contributed by atoms with Crippen LogP contribution in [0.2, 0.25) is 5.02 Å². The number of carbonyl (C=O) groups is 1. The van der Waals surface area contributed by atoms with E-state index in [0.29, 0.717) is 12.0 Å². The van der Waals surface area contributed by atoms with Crippen molar-refractivity contribution in [3.8, 4) is 0 Å². The fourth-order valence-electron chi connectivity index (χ4n) is 6.89. The van der Waals surface area contributed by atoms with E-state index in [1.807, 2.05) is 18.2 Å². The summed E-state index contributed by atoms with van der Waals surface area (Å²) in [7, 11) is 0.